The van der Waals surface area contributed by atoms with E-state index < -0.39 is 0 Å². The average molecular weight is 230 g/mol. The minimum Gasteiger partial charge on any atom is -0.384 e. The van der Waals surface area contributed by atoms with Gasteiger partial charge in [0.15, 0.2) is 0 Å². The van der Waals surface area contributed by atoms with Crippen molar-refractivity contribution in [2.24, 2.45) is 0 Å². The van der Waals surface area contributed by atoms with Gasteiger partial charge in [-0.25, -0.2) is 9.97 Å². The highest BCUT2D eigenvalue weighted by molar-refractivity contribution is 5.59. The summed E-state index contributed by atoms with van der Waals surface area (Å²) in [5, 5.41) is 0. The van der Waals surface area contributed by atoms with E-state index in [-0.39, 0.29) is 0 Å². The fourth-order valence-electron chi connectivity index (χ4n) is 2.06. The number of rotatable bonds is 4. The van der Waals surface area contributed by atoms with Gasteiger partial charge in [0.1, 0.15) is 5.82 Å². The first kappa shape index (κ1) is 11.6. The zero-order chi connectivity index (χ0) is 12.3. The van der Waals surface area contributed by atoms with Crippen LogP contribution in [0.5, 0.6) is 0 Å². The number of imidazole rings is 1. The summed E-state index contributed by atoms with van der Waals surface area (Å²) in [5.74, 6) is 0.544. The molecule has 2 aromatic heterocycles. The second kappa shape index (κ2) is 4.99. The molecule has 2 heterocycles. The van der Waals surface area contributed by atoms with Crippen molar-refractivity contribution in [3.63, 3.8) is 0 Å². The molecule has 4 heteroatoms. The second-order valence-electron chi connectivity index (χ2n) is 4.13. The molecule has 0 amide bonds. The van der Waals surface area contributed by atoms with Crippen LogP contribution in [0, 0.1) is 0 Å². The fourth-order valence-corrected chi connectivity index (χ4v) is 2.06. The zero-order valence-corrected chi connectivity index (χ0v) is 10.3. The lowest BCUT2D eigenvalue weighted by molar-refractivity contribution is 0.475. The van der Waals surface area contributed by atoms with Gasteiger partial charge in [-0.1, -0.05) is 13.8 Å². The predicted octanol–water partition coefficient (Wildman–Crippen LogP) is 2.89. The second-order valence-corrected chi connectivity index (χ2v) is 4.13. The maximum atomic E-state index is 5.60. The SMILES string of the molecule is CCC(CC)n1cncc1-c1ccc(N)nc1. The van der Waals surface area contributed by atoms with E-state index in [4.69, 9.17) is 5.73 Å². The monoisotopic (exact) mass is 230 g/mol. The van der Waals surface area contributed by atoms with Gasteiger partial charge in [-0.2, -0.15) is 0 Å². The van der Waals surface area contributed by atoms with Crippen molar-refractivity contribution in [2.45, 2.75) is 32.7 Å². The lowest BCUT2D eigenvalue weighted by Crippen LogP contribution is -2.07. The number of hydrogen-bond acceptors (Lipinski definition) is 3. The van der Waals surface area contributed by atoms with Gasteiger partial charge in [0.05, 0.1) is 18.2 Å². The molecule has 0 saturated carbocycles. The largest absolute Gasteiger partial charge is 0.384 e. The van der Waals surface area contributed by atoms with Gasteiger partial charge in [0.25, 0.3) is 0 Å². The van der Waals surface area contributed by atoms with E-state index in [0.29, 0.717) is 11.9 Å². The molecule has 2 aromatic rings. The Morgan fingerprint density at radius 3 is 2.59 bits per heavy atom. The predicted molar refractivity (Wildman–Crippen MR) is 69.5 cm³/mol. The average Bonchev–Trinajstić information content (AvgIpc) is 2.81. The van der Waals surface area contributed by atoms with Gasteiger partial charge in [-0.3, -0.25) is 0 Å². The van der Waals surface area contributed by atoms with Crippen LogP contribution in [-0.2, 0) is 0 Å². The Kier molecular flexibility index (Phi) is 3.42. The van der Waals surface area contributed by atoms with Crippen LogP contribution in [0.25, 0.3) is 11.3 Å². The van der Waals surface area contributed by atoms with Gasteiger partial charge in [0.2, 0.25) is 0 Å². The van der Waals surface area contributed by atoms with Crippen molar-refractivity contribution in [3.05, 3.63) is 30.9 Å². The van der Waals surface area contributed by atoms with Crippen LogP contribution in [0.3, 0.4) is 0 Å². The van der Waals surface area contributed by atoms with Gasteiger partial charge in [-0.15, -0.1) is 0 Å². The Labute approximate surface area is 102 Å². The highest BCUT2D eigenvalue weighted by atomic mass is 15.1. The number of anilines is 1. The molecule has 0 aromatic carbocycles. The standard InChI is InChI=1S/C13H18N4/c1-3-11(4-2)17-9-15-8-12(17)10-5-6-13(14)16-7-10/h5-9,11H,3-4H2,1-2H3,(H2,14,16). The van der Waals surface area contributed by atoms with E-state index in [1.807, 2.05) is 24.7 Å². The van der Waals surface area contributed by atoms with Gasteiger partial charge in [0, 0.05) is 17.8 Å². The molecule has 0 aliphatic heterocycles. The van der Waals surface area contributed by atoms with Crippen LogP contribution in [0.4, 0.5) is 5.82 Å². The fraction of sp³-hybridized carbons (Fsp3) is 0.385. The van der Waals surface area contributed by atoms with E-state index in [9.17, 15) is 0 Å². The third kappa shape index (κ3) is 2.30. The minimum atomic E-state index is 0.491. The van der Waals surface area contributed by atoms with Crippen molar-refractivity contribution >= 4 is 5.82 Å². The molecule has 0 bridgehead atoms. The topological polar surface area (TPSA) is 56.7 Å². The Morgan fingerprint density at radius 1 is 1.24 bits per heavy atom. The van der Waals surface area contributed by atoms with Crippen LogP contribution in [0.1, 0.15) is 32.7 Å². The molecule has 2 rings (SSSR count). The number of aromatic nitrogens is 3. The van der Waals surface area contributed by atoms with Gasteiger partial charge < -0.3 is 10.3 Å². The maximum absolute atomic E-state index is 5.60. The smallest absolute Gasteiger partial charge is 0.123 e. The number of hydrogen-bond donors (Lipinski definition) is 1. The van der Waals surface area contributed by atoms with Crippen LogP contribution >= 0.6 is 0 Å². The molecule has 0 unspecified atom stereocenters. The normalized spacial score (nSPS) is 11.0. The van der Waals surface area contributed by atoms with Crippen molar-refractivity contribution < 1.29 is 0 Å². The van der Waals surface area contributed by atoms with E-state index in [1.54, 1.807) is 6.20 Å². The summed E-state index contributed by atoms with van der Waals surface area (Å²) in [7, 11) is 0. The Hall–Kier alpha value is -1.84. The summed E-state index contributed by atoms with van der Waals surface area (Å²) in [6.07, 6.45) is 7.77. The lowest BCUT2D eigenvalue weighted by Gasteiger charge is -2.17. The zero-order valence-electron chi connectivity index (χ0n) is 10.3. The molecular formula is C13H18N4. The lowest BCUT2D eigenvalue weighted by atomic mass is 10.1. The third-order valence-corrected chi connectivity index (χ3v) is 3.08. The molecule has 0 fully saturated rings. The molecule has 2 N–H and O–H groups in total. The first-order valence-corrected chi connectivity index (χ1v) is 6.00. The van der Waals surface area contributed by atoms with Gasteiger partial charge >= 0.3 is 0 Å². The summed E-state index contributed by atoms with van der Waals surface area (Å²) < 4.78 is 2.22. The molecule has 0 atom stereocenters. The summed E-state index contributed by atoms with van der Waals surface area (Å²) in [6.45, 7) is 4.39. The summed E-state index contributed by atoms with van der Waals surface area (Å²) >= 11 is 0. The third-order valence-electron chi connectivity index (χ3n) is 3.08. The first-order valence-electron chi connectivity index (χ1n) is 6.00. The number of nitrogen functional groups attached to an aromatic ring is 1. The minimum absolute atomic E-state index is 0.491. The van der Waals surface area contributed by atoms with E-state index >= 15 is 0 Å². The van der Waals surface area contributed by atoms with Crippen molar-refractivity contribution in [1.82, 2.24) is 14.5 Å². The van der Waals surface area contributed by atoms with Crippen molar-refractivity contribution in [3.8, 4) is 11.3 Å². The molecule has 17 heavy (non-hydrogen) atoms. The summed E-state index contributed by atoms with van der Waals surface area (Å²) in [4.78, 5) is 8.37. The van der Waals surface area contributed by atoms with E-state index in [0.717, 1.165) is 24.1 Å². The highest BCUT2D eigenvalue weighted by Gasteiger charge is 2.12. The quantitative estimate of drug-likeness (QED) is 0.878. The first-order chi connectivity index (χ1) is 8.26. The van der Waals surface area contributed by atoms with E-state index in [1.165, 1.54) is 0 Å². The van der Waals surface area contributed by atoms with E-state index in [2.05, 4.69) is 28.4 Å². The molecule has 0 saturated heterocycles. The molecule has 90 valence electrons. The van der Waals surface area contributed by atoms with Crippen LogP contribution in [-0.4, -0.2) is 14.5 Å². The summed E-state index contributed by atoms with van der Waals surface area (Å²) in [5.41, 5.74) is 7.76. The maximum Gasteiger partial charge on any atom is 0.123 e. The number of pyridine rings is 1. The van der Waals surface area contributed by atoms with Crippen LogP contribution < -0.4 is 5.73 Å². The Balaban J connectivity index is 2.39. The number of nitrogens with two attached hydrogens (primary N) is 1. The molecule has 0 radical (unpaired) electrons. The molecule has 0 aliphatic carbocycles. The van der Waals surface area contributed by atoms with Crippen molar-refractivity contribution in [2.75, 3.05) is 5.73 Å². The number of nitrogens with zero attached hydrogens (tertiary/aromatic N) is 3. The summed E-state index contributed by atoms with van der Waals surface area (Å²) in [6, 6.07) is 4.29. The Bertz CT molecular complexity index is 468. The van der Waals surface area contributed by atoms with Crippen molar-refractivity contribution in [1.29, 1.82) is 0 Å². The molecular weight excluding hydrogens is 212 g/mol. The molecule has 0 spiro atoms. The van der Waals surface area contributed by atoms with Gasteiger partial charge in [-0.05, 0) is 25.0 Å². The van der Waals surface area contributed by atoms with Crippen LogP contribution in [0.2, 0.25) is 0 Å². The molecule has 0 aliphatic rings. The highest BCUT2D eigenvalue weighted by Crippen LogP contribution is 2.25. The Morgan fingerprint density at radius 2 is 2.00 bits per heavy atom. The van der Waals surface area contributed by atoms with Crippen LogP contribution in [0.15, 0.2) is 30.9 Å². The molecule has 4 nitrogen and oxygen atoms in total.